The molecule has 1 aliphatic carbocycles. The number of benzene rings is 1. The molecule has 2 rings (SSSR count). The Morgan fingerprint density at radius 2 is 2.11 bits per heavy atom. The van der Waals surface area contributed by atoms with E-state index in [2.05, 4.69) is 6.92 Å². The minimum absolute atomic E-state index is 0.271. The van der Waals surface area contributed by atoms with Crippen molar-refractivity contribution < 1.29 is 9.13 Å². The van der Waals surface area contributed by atoms with Crippen LogP contribution in [0.3, 0.4) is 0 Å². The normalized spacial score (nSPS) is 23.6. The third kappa shape index (κ3) is 3.30. The highest BCUT2D eigenvalue weighted by Gasteiger charge is 2.21. The number of halogens is 1. The molecule has 1 aromatic rings. The molecule has 0 spiro atoms. The lowest BCUT2D eigenvalue weighted by atomic mass is 9.88. The smallest absolute Gasteiger partial charge is 0.124 e. The van der Waals surface area contributed by atoms with E-state index in [0.717, 1.165) is 12.0 Å². The molecule has 0 bridgehead atoms. The lowest BCUT2D eigenvalue weighted by Crippen LogP contribution is -2.25. The Labute approximate surface area is 107 Å². The van der Waals surface area contributed by atoms with Crippen LogP contribution in [0, 0.1) is 23.1 Å². The second-order valence-corrected chi connectivity index (χ2v) is 5.07. The molecule has 2 atom stereocenters. The predicted octanol–water partition coefficient (Wildman–Crippen LogP) is 3.79. The van der Waals surface area contributed by atoms with Gasteiger partial charge in [-0.15, -0.1) is 0 Å². The zero-order valence-electron chi connectivity index (χ0n) is 10.7. The molecule has 1 fully saturated rings. The average molecular weight is 247 g/mol. The molecule has 0 amide bonds. The number of rotatable bonds is 3. The molecule has 3 heteroatoms. The van der Waals surface area contributed by atoms with E-state index in [1.54, 1.807) is 6.07 Å². The molecule has 1 aromatic carbocycles. The van der Waals surface area contributed by atoms with E-state index in [1.807, 2.05) is 6.07 Å². The molecule has 0 aliphatic heterocycles. The summed E-state index contributed by atoms with van der Waals surface area (Å²) in [5.74, 6) is 0.201. The maximum Gasteiger partial charge on any atom is 0.124 e. The lowest BCUT2D eigenvalue weighted by molar-refractivity contribution is -0.0155. The van der Waals surface area contributed by atoms with Gasteiger partial charge in [-0.2, -0.15) is 5.26 Å². The Morgan fingerprint density at radius 3 is 2.83 bits per heavy atom. The SMILES string of the molecule is CC1CCCCC1OCc1cc(F)cc(C#N)c1. The molecule has 0 aromatic heterocycles. The standard InChI is InChI=1S/C15H18FNO/c1-11-4-2-3-5-15(11)18-10-13-6-12(9-17)7-14(16)8-13/h6-8,11,15H,2-5,10H2,1H3. The zero-order chi connectivity index (χ0) is 13.0. The maximum atomic E-state index is 13.3. The van der Waals surface area contributed by atoms with Gasteiger partial charge >= 0.3 is 0 Å². The van der Waals surface area contributed by atoms with Gasteiger partial charge in [0.15, 0.2) is 0 Å². The van der Waals surface area contributed by atoms with Crippen LogP contribution in [-0.4, -0.2) is 6.10 Å². The summed E-state index contributed by atoms with van der Waals surface area (Å²) < 4.78 is 19.1. The summed E-state index contributed by atoms with van der Waals surface area (Å²) in [5, 5.41) is 8.79. The Morgan fingerprint density at radius 1 is 1.33 bits per heavy atom. The van der Waals surface area contributed by atoms with Crippen molar-refractivity contribution in [1.82, 2.24) is 0 Å². The summed E-state index contributed by atoms with van der Waals surface area (Å²) in [5.41, 5.74) is 1.09. The molecular formula is C15H18FNO. The van der Waals surface area contributed by atoms with E-state index in [9.17, 15) is 4.39 Å². The minimum Gasteiger partial charge on any atom is -0.373 e. The van der Waals surface area contributed by atoms with Crippen molar-refractivity contribution >= 4 is 0 Å². The Bertz CT molecular complexity index is 452. The topological polar surface area (TPSA) is 33.0 Å². The van der Waals surface area contributed by atoms with E-state index in [-0.39, 0.29) is 11.9 Å². The van der Waals surface area contributed by atoms with Gasteiger partial charge in [0.05, 0.1) is 24.3 Å². The number of nitrogens with zero attached hydrogens (tertiary/aromatic N) is 1. The molecule has 0 saturated heterocycles. The van der Waals surface area contributed by atoms with Crippen LogP contribution in [-0.2, 0) is 11.3 Å². The fourth-order valence-corrected chi connectivity index (χ4v) is 2.53. The number of hydrogen-bond donors (Lipinski definition) is 0. The fraction of sp³-hybridized carbons (Fsp3) is 0.533. The van der Waals surface area contributed by atoms with Crippen molar-refractivity contribution in [2.45, 2.75) is 45.3 Å². The number of hydrogen-bond acceptors (Lipinski definition) is 2. The Hall–Kier alpha value is -1.40. The molecule has 2 unspecified atom stereocenters. The highest BCUT2D eigenvalue weighted by molar-refractivity contribution is 5.33. The van der Waals surface area contributed by atoms with Crippen molar-refractivity contribution in [3.63, 3.8) is 0 Å². The van der Waals surface area contributed by atoms with Crippen molar-refractivity contribution in [2.24, 2.45) is 5.92 Å². The first kappa shape index (κ1) is 13.0. The third-order valence-electron chi connectivity index (χ3n) is 3.58. The molecule has 96 valence electrons. The molecule has 1 saturated carbocycles. The van der Waals surface area contributed by atoms with Crippen molar-refractivity contribution in [2.75, 3.05) is 0 Å². The quantitative estimate of drug-likeness (QED) is 0.814. The lowest BCUT2D eigenvalue weighted by Gasteiger charge is -2.28. The average Bonchev–Trinajstić information content (AvgIpc) is 2.37. The van der Waals surface area contributed by atoms with Crippen molar-refractivity contribution in [3.05, 3.63) is 35.1 Å². The van der Waals surface area contributed by atoms with E-state index in [0.29, 0.717) is 18.1 Å². The molecular weight excluding hydrogens is 229 g/mol. The maximum absolute atomic E-state index is 13.3. The molecule has 18 heavy (non-hydrogen) atoms. The zero-order valence-corrected chi connectivity index (χ0v) is 10.7. The van der Waals surface area contributed by atoms with Gasteiger partial charge in [-0.05, 0) is 42.5 Å². The van der Waals surface area contributed by atoms with Crippen LogP contribution in [0.2, 0.25) is 0 Å². The minimum atomic E-state index is -0.371. The highest BCUT2D eigenvalue weighted by Crippen LogP contribution is 2.27. The first-order chi connectivity index (χ1) is 8.69. The van der Waals surface area contributed by atoms with E-state index in [4.69, 9.17) is 10.00 Å². The van der Waals surface area contributed by atoms with Gasteiger partial charge in [0.2, 0.25) is 0 Å². The molecule has 0 N–H and O–H groups in total. The second kappa shape index (κ2) is 5.97. The fourth-order valence-electron chi connectivity index (χ4n) is 2.53. The van der Waals surface area contributed by atoms with E-state index < -0.39 is 0 Å². The van der Waals surface area contributed by atoms with Crippen LogP contribution in [0.1, 0.15) is 43.7 Å². The number of nitriles is 1. The summed E-state index contributed by atoms with van der Waals surface area (Å²) in [6.45, 7) is 2.59. The largest absolute Gasteiger partial charge is 0.373 e. The van der Waals surface area contributed by atoms with Gasteiger partial charge < -0.3 is 4.74 Å². The van der Waals surface area contributed by atoms with E-state index in [1.165, 1.54) is 31.4 Å². The molecule has 0 radical (unpaired) electrons. The highest BCUT2D eigenvalue weighted by atomic mass is 19.1. The predicted molar refractivity (Wildman–Crippen MR) is 67.3 cm³/mol. The summed E-state index contributed by atoms with van der Waals surface area (Å²) in [7, 11) is 0. The van der Waals surface area contributed by atoms with Gasteiger partial charge in [-0.25, -0.2) is 4.39 Å². The summed E-state index contributed by atoms with van der Waals surface area (Å²) in [4.78, 5) is 0. The first-order valence-electron chi connectivity index (χ1n) is 6.50. The molecule has 0 heterocycles. The van der Waals surface area contributed by atoms with Crippen molar-refractivity contribution in [3.8, 4) is 6.07 Å². The van der Waals surface area contributed by atoms with Crippen LogP contribution in [0.25, 0.3) is 0 Å². The molecule has 1 aliphatic rings. The monoisotopic (exact) mass is 247 g/mol. The number of ether oxygens (including phenoxy) is 1. The van der Waals surface area contributed by atoms with Crippen LogP contribution in [0.5, 0.6) is 0 Å². The summed E-state index contributed by atoms with van der Waals surface area (Å²) in [6.07, 6.45) is 5.05. The van der Waals surface area contributed by atoms with Gasteiger partial charge in [-0.3, -0.25) is 0 Å². The van der Waals surface area contributed by atoms with Crippen molar-refractivity contribution in [1.29, 1.82) is 5.26 Å². The summed E-state index contributed by atoms with van der Waals surface area (Å²) >= 11 is 0. The van der Waals surface area contributed by atoms with Crippen LogP contribution >= 0.6 is 0 Å². The van der Waals surface area contributed by atoms with Gasteiger partial charge in [0, 0.05) is 0 Å². The Kier molecular flexibility index (Phi) is 4.33. The van der Waals surface area contributed by atoms with Gasteiger partial charge in [0.25, 0.3) is 0 Å². The van der Waals surface area contributed by atoms with Gasteiger partial charge in [0.1, 0.15) is 5.82 Å². The first-order valence-corrected chi connectivity index (χ1v) is 6.50. The second-order valence-electron chi connectivity index (χ2n) is 5.07. The third-order valence-corrected chi connectivity index (χ3v) is 3.58. The van der Waals surface area contributed by atoms with Crippen LogP contribution < -0.4 is 0 Å². The molecule has 2 nitrogen and oxygen atoms in total. The van der Waals surface area contributed by atoms with E-state index >= 15 is 0 Å². The van der Waals surface area contributed by atoms with Gasteiger partial charge in [-0.1, -0.05) is 19.8 Å². The Balaban J connectivity index is 1.97. The summed E-state index contributed by atoms with van der Waals surface area (Å²) in [6, 6.07) is 6.33. The van der Waals surface area contributed by atoms with Crippen LogP contribution in [0.15, 0.2) is 18.2 Å². The van der Waals surface area contributed by atoms with Crippen LogP contribution in [0.4, 0.5) is 4.39 Å².